The van der Waals surface area contributed by atoms with Gasteiger partial charge in [-0.3, -0.25) is 4.79 Å². The average molecular weight is 253 g/mol. The van der Waals surface area contributed by atoms with Gasteiger partial charge in [-0.2, -0.15) is 0 Å². The number of aryl methyl sites for hydroxylation is 1. The molecule has 0 N–H and O–H groups in total. The minimum atomic E-state index is 0.411. The van der Waals surface area contributed by atoms with E-state index in [1.807, 2.05) is 0 Å². The number of carbonyl (C=O) groups is 1. The second kappa shape index (κ2) is 3.85. The maximum absolute atomic E-state index is 11.2. The average Bonchev–Trinajstić information content (AvgIpc) is 2.56. The van der Waals surface area contributed by atoms with Crippen molar-refractivity contribution in [2.45, 2.75) is 32.1 Å². The first-order valence-electron chi connectivity index (χ1n) is 4.94. The molecule has 1 aromatic carbocycles. The molecule has 2 rings (SSSR count). The molecule has 1 aromatic rings. The van der Waals surface area contributed by atoms with Crippen molar-refractivity contribution < 1.29 is 4.79 Å². The summed E-state index contributed by atoms with van der Waals surface area (Å²) < 4.78 is 1.11. The Morgan fingerprint density at radius 3 is 2.86 bits per heavy atom. The van der Waals surface area contributed by atoms with Crippen LogP contribution in [0, 0.1) is 6.92 Å². The number of hydrogen-bond acceptors (Lipinski definition) is 1. The van der Waals surface area contributed by atoms with Gasteiger partial charge in [0, 0.05) is 17.3 Å². The van der Waals surface area contributed by atoms with Gasteiger partial charge < -0.3 is 0 Å². The van der Waals surface area contributed by atoms with Gasteiger partial charge in [0.25, 0.3) is 0 Å². The normalized spacial score (nSPS) is 21.6. The molecule has 1 unspecified atom stereocenters. The Balaban J connectivity index is 2.31. The predicted octanol–water partition coefficient (Wildman–Crippen LogP) is 3.59. The SMILES string of the molecule is Cc1ccc(Br)cc1C1CCC(=O)C1. The lowest BCUT2D eigenvalue weighted by molar-refractivity contribution is -0.117. The van der Waals surface area contributed by atoms with Crippen molar-refractivity contribution in [2.24, 2.45) is 0 Å². The van der Waals surface area contributed by atoms with Crippen LogP contribution in [0.2, 0.25) is 0 Å². The van der Waals surface area contributed by atoms with Crippen molar-refractivity contribution in [1.29, 1.82) is 0 Å². The molecule has 0 spiro atoms. The van der Waals surface area contributed by atoms with Crippen molar-refractivity contribution in [1.82, 2.24) is 0 Å². The van der Waals surface area contributed by atoms with Gasteiger partial charge in [0.1, 0.15) is 5.78 Å². The summed E-state index contributed by atoms with van der Waals surface area (Å²) in [5.74, 6) is 0.870. The van der Waals surface area contributed by atoms with Crippen molar-refractivity contribution in [3.05, 3.63) is 33.8 Å². The number of benzene rings is 1. The molecule has 1 nitrogen and oxygen atoms in total. The van der Waals surface area contributed by atoms with E-state index < -0.39 is 0 Å². The lowest BCUT2D eigenvalue weighted by Crippen LogP contribution is -1.97. The Bertz CT molecular complexity index is 371. The third kappa shape index (κ3) is 1.90. The summed E-state index contributed by atoms with van der Waals surface area (Å²) in [6.07, 6.45) is 2.52. The Kier molecular flexibility index (Phi) is 2.73. The van der Waals surface area contributed by atoms with Crippen LogP contribution in [0.15, 0.2) is 22.7 Å². The Morgan fingerprint density at radius 1 is 1.43 bits per heavy atom. The zero-order valence-corrected chi connectivity index (χ0v) is 9.80. The fourth-order valence-corrected chi connectivity index (χ4v) is 2.51. The van der Waals surface area contributed by atoms with Crippen LogP contribution in [0.5, 0.6) is 0 Å². The van der Waals surface area contributed by atoms with E-state index in [9.17, 15) is 4.79 Å². The van der Waals surface area contributed by atoms with E-state index in [4.69, 9.17) is 0 Å². The van der Waals surface area contributed by atoms with Gasteiger partial charge >= 0.3 is 0 Å². The minimum Gasteiger partial charge on any atom is -0.300 e. The van der Waals surface area contributed by atoms with E-state index in [2.05, 4.69) is 41.1 Å². The smallest absolute Gasteiger partial charge is 0.133 e. The van der Waals surface area contributed by atoms with Crippen LogP contribution in [-0.2, 0) is 4.79 Å². The van der Waals surface area contributed by atoms with Gasteiger partial charge in [-0.25, -0.2) is 0 Å². The molecule has 1 aliphatic rings. The molecule has 0 amide bonds. The molecule has 2 heteroatoms. The van der Waals surface area contributed by atoms with Crippen LogP contribution >= 0.6 is 15.9 Å². The van der Waals surface area contributed by atoms with E-state index in [-0.39, 0.29) is 0 Å². The molecule has 1 aliphatic carbocycles. The third-order valence-electron chi connectivity index (χ3n) is 2.93. The summed E-state index contributed by atoms with van der Waals surface area (Å²) in [4.78, 5) is 11.2. The van der Waals surface area contributed by atoms with Crippen molar-refractivity contribution in [3.63, 3.8) is 0 Å². The van der Waals surface area contributed by atoms with Gasteiger partial charge in [0.05, 0.1) is 0 Å². The van der Waals surface area contributed by atoms with Gasteiger partial charge in [-0.05, 0) is 42.5 Å². The highest BCUT2D eigenvalue weighted by Crippen LogP contribution is 2.34. The summed E-state index contributed by atoms with van der Waals surface area (Å²) in [5.41, 5.74) is 2.64. The van der Waals surface area contributed by atoms with E-state index in [1.165, 1.54) is 11.1 Å². The van der Waals surface area contributed by atoms with Crippen molar-refractivity contribution >= 4 is 21.7 Å². The lowest BCUT2D eigenvalue weighted by atomic mass is 9.94. The number of halogens is 1. The molecule has 74 valence electrons. The van der Waals surface area contributed by atoms with Crippen LogP contribution in [0.3, 0.4) is 0 Å². The van der Waals surface area contributed by atoms with E-state index in [0.29, 0.717) is 11.7 Å². The molecule has 0 saturated heterocycles. The number of Topliss-reactive ketones (excluding diaryl/α,β-unsaturated/α-hetero) is 1. The van der Waals surface area contributed by atoms with Crippen LogP contribution in [0.1, 0.15) is 36.3 Å². The number of rotatable bonds is 1. The molecule has 0 heterocycles. The first kappa shape index (κ1) is 9.91. The summed E-state index contributed by atoms with van der Waals surface area (Å²) in [6, 6.07) is 6.32. The van der Waals surface area contributed by atoms with Crippen LogP contribution in [0.25, 0.3) is 0 Å². The quantitative estimate of drug-likeness (QED) is 0.747. The standard InChI is InChI=1S/C12H13BrO/c1-8-2-4-10(13)7-12(8)9-3-5-11(14)6-9/h2,4,7,9H,3,5-6H2,1H3. The van der Waals surface area contributed by atoms with Crippen molar-refractivity contribution in [2.75, 3.05) is 0 Å². The predicted molar refractivity (Wildman–Crippen MR) is 60.5 cm³/mol. The number of hydrogen-bond donors (Lipinski definition) is 0. The highest BCUT2D eigenvalue weighted by molar-refractivity contribution is 9.10. The first-order valence-corrected chi connectivity index (χ1v) is 5.74. The summed E-state index contributed by atoms with van der Waals surface area (Å²) in [7, 11) is 0. The Hall–Kier alpha value is -0.630. The fourth-order valence-electron chi connectivity index (χ4n) is 2.13. The first-order chi connectivity index (χ1) is 6.66. The zero-order chi connectivity index (χ0) is 10.1. The maximum Gasteiger partial charge on any atom is 0.133 e. The third-order valence-corrected chi connectivity index (χ3v) is 3.42. The topological polar surface area (TPSA) is 17.1 Å². The molecule has 14 heavy (non-hydrogen) atoms. The summed E-state index contributed by atoms with van der Waals surface area (Å²) >= 11 is 3.47. The Labute approximate surface area is 92.6 Å². The maximum atomic E-state index is 11.2. The second-order valence-electron chi connectivity index (χ2n) is 3.98. The highest BCUT2D eigenvalue weighted by atomic mass is 79.9. The highest BCUT2D eigenvalue weighted by Gasteiger charge is 2.24. The van der Waals surface area contributed by atoms with Gasteiger partial charge in [0.2, 0.25) is 0 Å². The van der Waals surface area contributed by atoms with Gasteiger partial charge in [0.15, 0.2) is 0 Å². The van der Waals surface area contributed by atoms with Crippen LogP contribution in [-0.4, -0.2) is 5.78 Å². The monoisotopic (exact) mass is 252 g/mol. The molecule has 1 fully saturated rings. The second-order valence-corrected chi connectivity index (χ2v) is 4.89. The van der Waals surface area contributed by atoms with Crippen LogP contribution in [0.4, 0.5) is 0 Å². The van der Waals surface area contributed by atoms with Crippen LogP contribution < -0.4 is 0 Å². The molecule has 0 aromatic heterocycles. The van der Waals surface area contributed by atoms with E-state index >= 15 is 0 Å². The van der Waals surface area contributed by atoms with Crippen molar-refractivity contribution in [3.8, 4) is 0 Å². The van der Waals surface area contributed by atoms with E-state index in [1.54, 1.807) is 0 Å². The Morgan fingerprint density at radius 2 is 2.21 bits per heavy atom. The molecular formula is C12H13BrO. The fraction of sp³-hybridized carbons (Fsp3) is 0.417. The van der Waals surface area contributed by atoms with Gasteiger partial charge in [-0.15, -0.1) is 0 Å². The lowest BCUT2D eigenvalue weighted by Gasteiger charge is -2.12. The molecular weight excluding hydrogens is 240 g/mol. The minimum absolute atomic E-state index is 0.411. The molecule has 0 radical (unpaired) electrons. The number of carbonyl (C=O) groups excluding carboxylic acids is 1. The summed E-state index contributed by atoms with van der Waals surface area (Å²) in [5, 5.41) is 0. The largest absolute Gasteiger partial charge is 0.300 e. The zero-order valence-electron chi connectivity index (χ0n) is 8.22. The molecule has 0 bridgehead atoms. The molecule has 1 saturated carbocycles. The number of ketones is 1. The molecule has 0 aliphatic heterocycles. The van der Waals surface area contributed by atoms with E-state index in [0.717, 1.165) is 23.7 Å². The van der Waals surface area contributed by atoms with Gasteiger partial charge in [-0.1, -0.05) is 22.0 Å². The summed E-state index contributed by atoms with van der Waals surface area (Å²) in [6.45, 7) is 2.12. The molecule has 1 atom stereocenters.